The Hall–Kier alpha value is 0.0500. The van der Waals surface area contributed by atoms with Gasteiger partial charge in [-0.1, -0.05) is 0 Å². The summed E-state index contributed by atoms with van der Waals surface area (Å²) in [5.74, 6) is 0. The highest BCUT2D eigenvalue weighted by Crippen LogP contribution is 2.30. The van der Waals surface area contributed by atoms with E-state index in [9.17, 15) is 8.42 Å². The van der Waals surface area contributed by atoms with Crippen molar-refractivity contribution in [3.63, 3.8) is 0 Å². The summed E-state index contributed by atoms with van der Waals surface area (Å²) in [6, 6.07) is 1.67. The van der Waals surface area contributed by atoms with E-state index in [0.717, 1.165) is 9.35 Å². The molecule has 104 valence electrons. The van der Waals surface area contributed by atoms with Crippen LogP contribution in [0, 0.1) is 6.92 Å². The Balaban J connectivity index is 2.45. The lowest BCUT2D eigenvalue weighted by Gasteiger charge is -2.07. The predicted octanol–water partition coefficient (Wildman–Crippen LogP) is 2.91. The first-order valence-electron chi connectivity index (χ1n) is 5.70. The average Bonchev–Trinajstić information content (AvgIpc) is 2.59. The van der Waals surface area contributed by atoms with Crippen molar-refractivity contribution in [3.05, 3.63) is 15.4 Å². The molecule has 18 heavy (non-hydrogen) atoms. The third kappa shape index (κ3) is 4.97. The summed E-state index contributed by atoms with van der Waals surface area (Å²) in [6.45, 7) is 6.74. The van der Waals surface area contributed by atoms with Crippen molar-refractivity contribution in [2.75, 3.05) is 13.2 Å². The van der Waals surface area contributed by atoms with E-state index in [1.54, 1.807) is 6.07 Å². The maximum absolute atomic E-state index is 11.9. The molecule has 0 aromatic carbocycles. The van der Waals surface area contributed by atoms with Crippen LogP contribution in [0.4, 0.5) is 0 Å². The van der Waals surface area contributed by atoms with Gasteiger partial charge in [0.1, 0.15) is 4.21 Å². The van der Waals surface area contributed by atoms with E-state index in [-0.39, 0.29) is 6.10 Å². The largest absolute Gasteiger partial charge is 0.379 e. The minimum absolute atomic E-state index is 0.178. The van der Waals surface area contributed by atoms with Crippen LogP contribution >= 0.6 is 27.3 Å². The Kier molecular flexibility index (Phi) is 6.26. The van der Waals surface area contributed by atoms with Gasteiger partial charge in [-0.3, -0.25) is 0 Å². The average molecular weight is 356 g/mol. The van der Waals surface area contributed by atoms with Crippen molar-refractivity contribution < 1.29 is 13.2 Å². The quantitative estimate of drug-likeness (QED) is 0.765. The van der Waals surface area contributed by atoms with Gasteiger partial charge >= 0.3 is 0 Å². The summed E-state index contributed by atoms with van der Waals surface area (Å²) in [5.41, 5.74) is 0.934. The molecular formula is C11H18BrNO3S2. The molecule has 1 N–H and O–H groups in total. The van der Waals surface area contributed by atoms with Gasteiger partial charge in [-0.2, -0.15) is 0 Å². The maximum Gasteiger partial charge on any atom is 0.250 e. The van der Waals surface area contributed by atoms with Crippen molar-refractivity contribution in [1.82, 2.24) is 4.72 Å². The van der Waals surface area contributed by atoms with E-state index in [1.807, 2.05) is 20.8 Å². The van der Waals surface area contributed by atoms with E-state index < -0.39 is 10.0 Å². The molecule has 0 aliphatic rings. The van der Waals surface area contributed by atoms with Gasteiger partial charge in [-0.25, -0.2) is 13.1 Å². The van der Waals surface area contributed by atoms with Gasteiger partial charge in [-0.05, 0) is 54.8 Å². The van der Waals surface area contributed by atoms with Crippen LogP contribution < -0.4 is 4.72 Å². The molecule has 7 heteroatoms. The molecule has 0 unspecified atom stereocenters. The summed E-state index contributed by atoms with van der Waals surface area (Å²) in [5, 5.41) is 0. The number of thiophene rings is 1. The van der Waals surface area contributed by atoms with Crippen LogP contribution in [0.2, 0.25) is 0 Å². The second-order valence-electron chi connectivity index (χ2n) is 4.19. The maximum atomic E-state index is 11.9. The zero-order valence-corrected chi connectivity index (χ0v) is 13.9. The monoisotopic (exact) mass is 355 g/mol. The zero-order valence-electron chi connectivity index (χ0n) is 10.7. The molecule has 0 aliphatic carbocycles. The fraction of sp³-hybridized carbons (Fsp3) is 0.636. The molecule has 4 nitrogen and oxygen atoms in total. The molecule has 0 saturated heterocycles. The number of aryl methyl sites for hydroxylation is 1. The lowest BCUT2D eigenvalue weighted by Crippen LogP contribution is -2.25. The minimum Gasteiger partial charge on any atom is -0.379 e. The molecule has 0 bridgehead atoms. The Morgan fingerprint density at radius 2 is 2.17 bits per heavy atom. The molecule has 1 rings (SSSR count). The second-order valence-corrected chi connectivity index (χ2v) is 8.56. The van der Waals surface area contributed by atoms with Crippen molar-refractivity contribution >= 4 is 37.3 Å². The molecule has 0 fully saturated rings. The van der Waals surface area contributed by atoms with Crippen LogP contribution in [-0.4, -0.2) is 27.7 Å². The van der Waals surface area contributed by atoms with E-state index in [4.69, 9.17) is 4.74 Å². The summed E-state index contributed by atoms with van der Waals surface area (Å²) in [6.07, 6.45) is 0.848. The smallest absolute Gasteiger partial charge is 0.250 e. The molecule has 0 spiro atoms. The molecule has 0 amide bonds. The van der Waals surface area contributed by atoms with Crippen LogP contribution in [0.5, 0.6) is 0 Å². The van der Waals surface area contributed by atoms with E-state index in [2.05, 4.69) is 20.7 Å². The van der Waals surface area contributed by atoms with Crippen LogP contribution in [-0.2, 0) is 14.8 Å². The van der Waals surface area contributed by atoms with Gasteiger partial charge in [0.05, 0.1) is 9.89 Å². The molecule has 0 saturated carbocycles. The molecule has 0 radical (unpaired) electrons. The summed E-state index contributed by atoms with van der Waals surface area (Å²) >= 11 is 4.55. The van der Waals surface area contributed by atoms with Crippen LogP contribution in [0.1, 0.15) is 25.8 Å². The highest BCUT2D eigenvalue weighted by molar-refractivity contribution is 9.11. The van der Waals surface area contributed by atoms with Crippen LogP contribution in [0.3, 0.4) is 0 Å². The van der Waals surface area contributed by atoms with E-state index >= 15 is 0 Å². The highest BCUT2D eigenvalue weighted by Gasteiger charge is 2.17. The first-order valence-corrected chi connectivity index (χ1v) is 8.79. The SMILES string of the molecule is Cc1cc(S(=O)(=O)NCCCOC(C)C)sc1Br. The number of halogens is 1. The predicted molar refractivity (Wildman–Crippen MR) is 77.6 cm³/mol. The molecule has 0 atom stereocenters. The molecule has 1 aromatic rings. The van der Waals surface area contributed by atoms with Crippen LogP contribution in [0.25, 0.3) is 0 Å². The fourth-order valence-corrected chi connectivity index (χ4v) is 4.58. The van der Waals surface area contributed by atoms with E-state index in [1.165, 1.54) is 11.3 Å². The standard InChI is InChI=1S/C11H18BrNO3S2/c1-8(2)16-6-4-5-13-18(14,15)10-7-9(3)11(12)17-10/h7-8,13H,4-6H2,1-3H3. The number of hydrogen-bond donors (Lipinski definition) is 1. The fourth-order valence-electron chi connectivity index (χ4n) is 1.23. The van der Waals surface area contributed by atoms with Crippen molar-refractivity contribution in [2.45, 2.75) is 37.5 Å². The van der Waals surface area contributed by atoms with Crippen LogP contribution in [0.15, 0.2) is 14.1 Å². The Bertz CT molecular complexity index is 463. The third-order valence-electron chi connectivity index (χ3n) is 2.16. The molecule has 1 aromatic heterocycles. The Morgan fingerprint density at radius 1 is 1.50 bits per heavy atom. The zero-order chi connectivity index (χ0) is 13.8. The first kappa shape index (κ1) is 16.1. The summed E-state index contributed by atoms with van der Waals surface area (Å²) in [4.78, 5) is 0. The van der Waals surface area contributed by atoms with E-state index in [0.29, 0.717) is 23.8 Å². The van der Waals surface area contributed by atoms with Crippen molar-refractivity contribution in [2.24, 2.45) is 0 Å². The highest BCUT2D eigenvalue weighted by atomic mass is 79.9. The lowest BCUT2D eigenvalue weighted by atomic mass is 10.4. The number of hydrogen-bond acceptors (Lipinski definition) is 4. The number of nitrogens with one attached hydrogen (secondary N) is 1. The Labute approximate surface area is 121 Å². The van der Waals surface area contributed by atoms with Gasteiger partial charge in [0, 0.05) is 13.2 Å². The number of ether oxygens (including phenoxy) is 1. The van der Waals surface area contributed by atoms with Crippen molar-refractivity contribution in [3.8, 4) is 0 Å². The van der Waals surface area contributed by atoms with Crippen molar-refractivity contribution in [1.29, 1.82) is 0 Å². The van der Waals surface area contributed by atoms with Gasteiger partial charge < -0.3 is 4.74 Å². The minimum atomic E-state index is -3.38. The van der Waals surface area contributed by atoms with Gasteiger partial charge in [-0.15, -0.1) is 11.3 Å². The molecule has 0 aliphatic heterocycles. The number of sulfonamides is 1. The molecule has 1 heterocycles. The summed E-state index contributed by atoms with van der Waals surface area (Å²) in [7, 11) is -3.38. The topological polar surface area (TPSA) is 55.4 Å². The number of rotatable bonds is 7. The van der Waals surface area contributed by atoms with Gasteiger partial charge in [0.2, 0.25) is 10.0 Å². The second kappa shape index (κ2) is 7.00. The molecular weight excluding hydrogens is 338 g/mol. The summed E-state index contributed by atoms with van der Waals surface area (Å²) < 4.78 is 33.0. The van der Waals surface area contributed by atoms with Gasteiger partial charge in [0.25, 0.3) is 0 Å². The Morgan fingerprint density at radius 3 is 2.67 bits per heavy atom. The van der Waals surface area contributed by atoms with Gasteiger partial charge in [0.15, 0.2) is 0 Å². The third-order valence-corrected chi connectivity index (χ3v) is 6.24. The first-order chi connectivity index (χ1) is 8.33. The normalized spacial score (nSPS) is 12.3. The lowest BCUT2D eigenvalue weighted by molar-refractivity contribution is 0.0778.